The lowest BCUT2D eigenvalue weighted by Crippen LogP contribution is -2.23. The molecule has 1 N–H and O–H groups in total. The van der Waals surface area contributed by atoms with Crippen LogP contribution in [0.4, 0.5) is 0 Å². The maximum atomic E-state index is 5.57. The lowest BCUT2D eigenvalue weighted by Gasteiger charge is -2.10. The Morgan fingerprint density at radius 3 is 3.08 bits per heavy atom. The normalized spacial score (nSPS) is 13.2. The lowest BCUT2D eigenvalue weighted by molar-refractivity contribution is 0.0561. The number of hydrogen-bond donors (Lipinski definition) is 1. The zero-order valence-electron chi connectivity index (χ0n) is 7.54. The zero-order valence-corrected chi connectivity index (χ0v) is 8.36. The molecule has 0 amide bonds. The van der Waals surface area contributed by atoms with Gasteiger partial charge in [0.25, 0.3) is 0 Å². The van der Waals surface area contributed by atoms with E-state index in [0.29, 0.717) is 0 Å². The summed E-state index contributed by atoms with van der Waals surface area (Å²) in [6, 6.07) is 4.14. The molecule has 0 saturated carbocycles. The summed E-state index contributed by atoms with van der Waals surface area (Å²) in [6.45, 7) is 3.72. The van der Waals surface area contributed by atoms with Gasteiger partial charge in [0.1, 0.15) is 0 Å². The fraction of sp³-hybridized carbons (Fsp3) is 0.556. The van der Waals surface area contributed by atoms with Crippen molar-refractivity contribution in [2.75, 3.05) is 13.6 Å². The van der Waals surface area contributed by atoms with E-state index in [4.69, 9.17) is 4.74 Å². The quantitative estimate of drug-likeness (QED) is 0.756. The number of hydrogen-bond acceptors (Lipinski definition) is 3. The number of thiophene rings is 1. The molecule has 1 unspecified atom stereocenters. The van der Waals surface area contributed by atoms with Gasteiger partial charge in [-0.1, -0.05) is 6.07 Å². The Kier molecular flexibility index (Phi) is 4.29. The molecule has 12 heavy (non-hydrogen) atoms. The molecule has 0 aliphatic rings. The fourth-order valence-corrected chi connectivity index (χ4v) is 1.59. The van der Waals surface area contributed by atoms with Crippen LogP contribution in [0.3, 0.4) is 0 Å². The second kappa shape index (κ2) is 5.30. The van der Waals surface area contributed by atoms with Crippen molar-refractivity contribution in [1.82, 2.24) is 5.32 Å². The highest BCUT2D eigenvalue weighted by Crippen LogP contribution is 2.10. The Hall–Kier alpha value is -0.380. The van der Waals surface area contributed by atoms with Crippen molar-refractivity contribution in [2.45, 2.75) is 19.6 Å². The minimum atomic E-state index is 0.289. The van der Waals surface area contributed by atoms with E-state index < -0.39 is 0 Å². The van der Waals surface area contributed by atoms with Crippen LogP contribution < -0.4 is 5.32 Å². The molecule has 0 spiro atoms. The average molecular weight is 185 g/mol. The summed E-state index contributed by atoms with van der Waals surface area (Å²) < 4.78 is 5.57. The maximum absolute atomic E-state index is 5.57. The van der Waals surface area contributed by atoms with Crippen molar-refractivity contribution in [3.8, 4) is 0 Å². The summed E-state index contributed by atoms with van der Waals surface area (Å²) >= 11 is 1.74. The average Bonchev–Trinajstić information content (AvgIpc) is 2.53. The lowest BCUT2D eigenvalue weighted by atomic mass is 10.4. The predicted molar refractivity (Wildman–Crippen MR) is 52.5 cm³/mol. The Morgan fingerprint density at radius 1 is 1.67 bits per heavy atom. The number of nitrogens with one attached hydrogen (secondary N) is 1. The summed E-state index contributed by atoms with van der Waals surface area (Å²) in [7, 11) is 1.94. The summed E-state index contributed by atoms with van der Waals surface area (Å²) in [4.78, 5) is 1.29. The molecule has 0 saturated heterocycles. The maximum Gasteiger partial charge on any atom is 0.0813 e. The largest absolute Gasteiger partial charge is 0.372 e. The van der Waals surface area contributed by atoms with Gasteiger partial charge in [-0.15, -0.1) is 11.3 Å². The third-order valence-corrected chi connectivity index (χ3v) is 2.43. The molecule has 0 bridgehead atoms. The van der Waals surface area contributed by atoms with E-state index in [0.717, 1.165) is 13.2 Å². The van der Waals surface area contributed by atoms with Gasteiger partial charge in [-0.25, -0.2) is 0 Å². The van der Waals surface area contributed by atoms with Crippen LogP contribution in [0.5, 0.6) is 0 Å². The Balaban J connectivity index is 2.17. The molecule has 1 rings (SSSR count). The van der Waals surface area contributed by atoms with Gasteiger partial charge in [0.2, 0.25) is 0 Å². The third kappa shape index (κ3) is 3.34. The van der Waals surface area contributed by atoms with Crippen molar-refractivity contribution in [1.29, 1.82) is 0 Å². The van der Waals surface area contributed by atoms with E-state index >= 15 is 0 Å². The Morgan fingerprint density at radius 2 is 2.50 bits per heavy atom. The van der Waals surface area contributed by atoms with Crippen LogP contribution in [-0.2, 0) is 11.3 Å². The van der Waals surface area contributed by atoms with Crippen LogP contribution in [0, 0.1) is 0 Å². The minimum Gasteiger partial charge on any atom is -0.372 e. The summed E-state index contributed by atoms with van der Waals surface area (Å²) in [6.07, 6.45) is 0.289. The second-order valence-corrected chi connectivity index (χ2v) is 3.79. The van der Waals surface area contributed by atoms with Crippen molar-refractivity contribution in [3.63, 3.8) is 0 Å². The monoisotopic (exact) mass is 185 g/mol. The van der Waals surface area contributed by atoms with Gasteiger partial charge < -0.3 is 10.1 Å². The van der Waals surface area contributed by atoms with Crippen LogP contribution >= 0.6 is 11.3 Å². The number of likely N-dealkylation sites (N-methyl/N-ethyl adjacent to an activating group) is 1. The molecule has 1 heterocycles. The van der Waals surface area contributed by atoms with Gasteiger partial charge in [-0.05, 0) is 25.4 Å². The topological polar surface area (TPSA) is 21.3 Å². The zero-order chi connectivity index (χ0) is 8.81. The first-order chi connectivity index (χ1) is 5.83. The standard InChI is InChI=1S/C9H15NOS/c1-8(6-10-2)11-7-9-4-3-5-12-9/h3-5,8,10H,6-7H2,1-2H3. The first kappa shape index (κ1) is 9.71. The van der Waals surface area contributed by atoms with E-state index in [-0.39, 0.29) is 6.10 Å². The van der Waals surface area contributed by atoms with Crippen molar-refractivity contribution in [2.24, 2.45) is 0 Å². The van der Waals surface area contributed by atoms with Crippen molar-refractivity contribution < 1.29 is 4.74 Å². The van der Waals surface area contributed by atoms with Crippen LogP contribution in [0.25, 0.3) is 0 Å². The van der Waals surface area contributed by atoms with Crippen LogP contribution in [0.2, 0.25) is 0 Å². The molecule has 68 valence electrons. The molecule has 0 aliphatic carbocycles. The second-order valence-electron chi connectivity index (χ2n) is 2.76. The number of rotatable bonds is 5. The van der Waals surface area contributed by atoms with E-state index in [2.05, 4.69) is 23.7 Å². The summed E-state index contributed by atoms with van der Waals surface area (Å²) in [5, 5.41) is 5.15. The van der Waals surface area contributed by atoms with Gasteiger partial charge in [0, 0.05) is 11.4 Å². The molecule has 3 heteroatoms. The third-order valence-electron chi connectivity index (χ3n) is 1.58. The van der Waals surface area contributed by atoms with Gasteiger partial charge in [0.05, 0.1) is 12.7 Å². The number of ether oxygens (including phenoxy) is 1. The molecular formula is C9H15NOS. The molecule has 2 nitrogen and oxygen atoms in total. The van der Waals surface area contributed by atoms with Crippen molar-refractivity contribution in [3.05, 3.63) is 22.4 Å². The molecule has 0 aliphatic heterocycles. The van der Waals surface area contributed by atoms with Crippen LogP contribution in [0.1, 0.15) is 11.8 Å². The van der Waals surface area contributed by atoms with Gasteiger partial charge in [-0.3, -0.25) is 0 Å². The first-order valence-electron chi connectivity index (χ1n) is 4.11. The SMILES string of the molecule is CNCC(C)OCc1cccs1. The minimum absolute atomic E-state index is 0.289. The highest BCUT2D eigenvalue weighted by molar-refractivity contribution is 7.09. The fourth-order valence-electron chi connectivity index (χ4n) is 0.965. The molecular weight excluding hydrogens is 170 g/mol. The highest BCUT2D eigenvalue weighted by Gasteiger charge is 2.00. The van der Waals surface area contributed by atoms with E-state index in [9.17, 15) is 0 Å². The summed E-state index contributed by atoms with van der Waals surface area (Å²) in [5.74, 6) is 0. The van der Waals surface area contributed by atoms with E-state index in [1.165, 1.54) is 4.88 Å². The van der Waals surface area contributed by atoms with E-state index in [1.807, 2.05) is 13.1 Å². The first-order valence-corrected chi connectivity index (χ1v) is 4.99. The smallest absolute Gasteiger partial charge is 0.0813 e. The van der Waals surface area contributed by atoms with Crippen LogP contribution in [-0.4, -0.2) is 19.7 Å². The predicted octanol–water partition coefficient (Wildman–Crippen LogP) is 1.87. The van der Waals surface area contributed by atoms with Gasteiger partial charge in [0.15, 0.2) is 0 Å². The summed E-state index contributed by atoms with van der Waals surface area (Å²) in [5.41, 5.74) is 0. The Bertz CT molecular complexity index is 198. The van der Waals surface area contributed by atoms with Crippen molar-refractivity contribution >= 4 is 11.3 Å². The highest BCUT2D eigenvalue weighted by atomic mass is 32.1. The molecule has 1 atom stereocenters. The Labute approximate surface area is 77.6 Å². The molecule has 1 aromatic heterocycles. The van der Waals surface area contributed by atoms with Gasteiger partial charge >= 0.3 is 0 Å². The molecule has 0 aromatic carbocycles. The molecule has 1 aromatic rings. The van der Waals surface area contributed by atoms with E-state index in [1.54, 1.807) is 11.3 Å². The van der Waals surface area contributed by atoms with Gasteiger partial charge in [-0.2, -0.15) is 0 Å². The molecule has 0 fully saturated rings. The van der Waals surface area contributed by atoms with Crippen LogP contribution in [0.15, 0.2) is 17.5 Å². The molecule has 0 radical (unpaired) electrons.